The van der Waals surface area contributed by atoms with Crippen molar-refractivity contribution in [3.05, 3.63) is 28.8 Å². The molecule has 1 saturated carbocycles. The van der Waals surface area contributed by atoms with E-state index in [0.29, 0.717) is 6.42 Å². The van der Waals surface area contributed by atoms with Crippen LogP contribution in [-0.2, 0) is 11.2 Å². The lowest BCUT2D eigenvalue weighted by Crippen LogP contribution is -2.39. The van der Waals surface area contributed by atoms with Crippen LogP contribution in [0.4, 0.5) is 0 Å². The fraction of sp³-hybridized carbons (Fsp3) is 0.429. The first-order valence-electron chi connectivity index (χ1n) is 6.19. The minimum absolute atomic E-state index is 0.507. The predicted molar refractivity (Wildman–Crippen MR) is 72.0 cm³/mol. The van der Waals surface area contributed by atoms with Crippen LogP contribution in [0.1, 0.15) is 29.8 Å². The van der Waals surface area contributed by atoms with Crippen molar-refractivity contribution in [2.75, 3.05) is 0 Å². The van der Waals surface area contributed by atoms with Gasteiger partial charge in [-0.2, -0.15) is 0 Å². The second-order valence-corrected chi connectivity index (χ2v) is 6.39. The summed E-state index contributed by atoms with van der Waals surface area (Å²) in [5.74, 6) is -0.644. The second kappa shape index (κ2) is 4.05. The summed E-state index contributed by atoms with van der Waals surface area (Å²) in [6.07, 6.45) is 3.30. The number of benzene rings is 1. The van der Waals surface area contributed by atoms with Crippen molar-refractivity contribution in [1.29, 1.82) is 0 Å². The molecule has 3 rings (SSSR count). The summed E-state index contributed by atoms with van der Waals surface area (Å²) in [5, 5.41) is 10.4. The molecule has 1 aromatic heterocycles. The number of thiazole rings is 1. The minimum atomic E-state index is -0.644. The largest absolute Gasteiger partial charge is 0.481 e. The molecule has 3 nitrogen and oxygen atoms in total. The molecular formula is C14H15NO2S. The highest BCUT2D eigenvalue weighted by Crippen LogP contribution is 2.44. The molecule has 1 aromatic carbocycles. The summed E-state index contributed by atoms with van der Waals surface area (Å²) in [6, 6.07) is 6.12. The summed E-state index contributed by atoms with van der Waals surface area (Å²) in [6.45, 7) is 2.00. The Labute approximate surface area is 109 Å². The topological polar surface area (TPSA) is 50.2 Å². The third-order valence-corrected chi connectivity index (χ3v) is 4.80. The third-order valence-electron chi connectivity index (χ3n) is 3.87. The first-order valence-corrected chi connectivity index (χ1v) is 7.00. The lowest BCUT2D eigenvalue weighted by molar-refractivity contribution is -0.154. The maximum absolute atomic E-state index is 11.4. The SMILES string of the molecule is Cc1nc2ccc(CC3(C(=O)O)CCC3)cc2s1. The average Bonchev–Trinajstić information content (AvgIpc) is 2.62. The van der Waals surface area contributed by atoms with Gasteiger partial charge in [0.05, 0.1) is 20.6 Å². The lowest BCUT2D eigenvalue weighted by atomic mass is 9.65. The number of aliphatic carboxylic acids is 1. The van der Waals surface area contributed by atoms with Crippen LogP contribution in [0.25, 0.3) is 10.2 Å². The van der Waals surface area contributed by atoms with E-state index in [9.17, 15) is 9.90 Å². The second-order valence-electron chi connectivity index (χ2n) is 5.15. The number of rotatable bonds is 3. The number of nitrogens with zero attached hydrogens (tertiary/aromatic N) is 1. The summed E-state index contributed by atoms with van der Waals surface area (Å²) < 4.78 is 1.16. The molecular weight excluding hydrogens is 246 g/mol. The van der Waals surface area contributed by atoms with Gasteiger partial charge in [-0.3, -0.25) is 4.79 Å². The number of carboxylic acid groups (broad SMARTS) is 1. The summed E-state index contributed by atoms with van der Waals surface area (Å²) in [7, 11) is 0. The first-order chi connectivity index (χ1) is 8.59. The van der Waals surface area contributed by atoms with Gasteiger partial charge in [0.25, 0.3) is 0 Å². The summed E-state index contributed by atoms with van der Waals surface area (Å²) in [5.41, 5.74) is 1.63. The molecule has 0 bridgehead atoms. The van der Waals surface area contributed by atoms with Crippen molar-refractivity contribution in [3.8, 4) is 0 Å². The Morgan fingerprint density at radius 3 is 2.89 bits per heavy atom. The van der Waals surface area contributed by atoms with Gasteiger partial charge in [-0.05, 0) is 43.9 Å². The number of aryl methyl sites for hydroxylation is 1. The van der Waals surface area contributed by atoms with E-state index in [4.69, 9.17) is 0 Å². The van der Waals surface area contributed by atoms with Gasteiger partial charge in [-0.1, -0.05) is 12.5 Å². The van der Waals surface area contributed by atoms with Gasteiger partial charge in [0.15, 0.2) is 0 Å². The highest BCUT2D eigenvalue weighted by molar-refractivity contribution is 7.18. The van der Waals surface area contributed by atoms with Crippen molar-refractivity contribution in [2.45, 2.75) is 32.6 Å². The molecule has 1 aliphatic carbocycles. The zero-order valence-corrected chi connectivity index (χ0v) is 11.1. The molecule has 1 heterocycles. The Bertz CT molecular complexity index is 613. The standard InChI is InChI=1S/C14H15NO2S/c1-9-15-11-4-3-10(7-12(11)18-9)8-14(13(16)17)5-2-6-14/h3-4,7H,2,5-6,8H2,1H3,(H,16,17). The number of carbonyl (C=O) groups is 1. The van der Waals surface area contributed by atoms with Crippen LogP contribution in [-0.4, -0.2) is 16.1 Å². The number of hydrogen-bond donors (Lipinski definition) is 1. The van der Waals surface area contributed by atoms with Crippen LogP contribution in [0.15, 0.2) is 18.2 Å². The molecule has 0 aliphatic heterocycles. The Kier molecular flexibility index (Phi) is 2.63. The maximum Gasteiger partial charge on any atom is 0.309 e. The molecule has 0 saturated heterocycles. The quantitative estimate of drug-likeness (QED) is 0.921. The van der Waals surface area contributed by atoms with E-state index < -0.39 is 11.4 Å². The van der Waals surface area contributed by atoms with Gasteiger partial charge in [0.1, 0.15) is 0 Å². The van der Waals surface area contributed by atoms with E-state index in [1.165, 1.54) is 0 Å². The number of aromatic nitrogens is 1. The first kappa shape index (κ1) is 11.7. The zero-order chi connectivity index (χ0) is 12.8. The number of fused-ring (bicyclic) bond motifs is 1. The van der Waals surface area contributed by atoms with E-state index in [1.807, 2.05) is 19.1 Å². The van der Waals surface area contributed by atoms with Crippen LogP contribution < -0.4 is 0 Å². The molecule has 2 aromatic rings. The van der Waals surface area contributed by atoms with Crippen LogP contribution in [0, 0.1) is 12.3 Å². The molecule has 0 unspecified atom stereocenters. The lowest BCUT2D eigenvalue weighted by Gasteiger charge is -2.37. The molecule has 4 heteroatoms. The van der Waals surface area contributed by atoms with Crippen molar-refractivity contribution in [3.63, 3.8) is 0 Å². The van der Waals surface area contributed by atoms with Crippen molar-refractivity contribution in [2.24, 2.45) is 5.41 Å². The van der Waals surface area contributed by atoms with Crippen LogP contribution >= 0.6 is 11.3 Å². The van der Waals surface area contributed by atoms with Gasteiger partial charge in [0, 0.05) is 0 Å². The van der Waals surface area contributed by atoms with Gasteiger partial charge in [0.2, 0.25) is 0 Å². The van der Waals surface area contributed by atoms with Gasteiger partial charge in [-0.15, -0.1) is 11.3 Å². The monoisotopic (exact) mass is 261 g/mol. The Balaban J connectivity index is 1.92. The van der Waals surface area contributed by atoms with E-state index >= 15 is 0 Å². The normalized spacial score (nSPS) is 17.6. The average molecular weight is 261 g/mol. The van der Waals surface area contributed by atoms with Gasteiger partial charge < -0.3 is 5.11 Å². The smallest absolute Gasteiger partial charge is 0.309 e. The van der Waals surface area contributed by atoms with Crippen LogP contribution in [0.5, 0.6) is 0 Å². The summed E-state index contributed by atoms with van der Waals surface area (Å²) >= 11 is 1.67. The highest BCUT2D eigenvalue weighted by Gasteiger charge is 2.44. The molecule has 1 fully saturated rings. The van der Waals surface area contributed by atoms with Crippen molar-refractivity contribution < 1.29 is 9.90 Å². The zero-order valence-electron chi connectivity index (χ0n) is 10.3. The predicted octanol–water partition coefficient (Wildman–Crippen LogP) is 3.40. The Morgan fingerprint density at radius 1 is 1.50 bits per heavy atom. The fourth-order valence-corrected chi connectivity index (χ4v) is 3.55. The van der Waals surface area contributed by atoms with Crippen molar-refractivity contribution in [1.82, 2.24) is 4.98 Å². The molecule has 0 amide bonds. The van der Waals surface area contributed by atoms with E-state index in [1.54, 1.807) is 11.3 Å². The van der Waals surface area contributed by atoms with Crippen LogP contribution in [0.3, 0.4) is 0 Å². The fourth-order valence-electron chi connectivity index (χ4n) is 2.65. The van der Waals surface area contributed by atoms with E-state index in [2.05, 4.69) is 11.1 Å². The summed E-state index contributed by atoms with van der Waals surface area (Å²) in [4.78, 5) is 15.8. The van der Waals surface area contributed by atoms with Gasteiger partial charge >= 0.3 is 5.97 Å². The van der Waals surface area contributed by atoms with Crippen LogP contribution in [0.2, 0.25) is 0 Å². The van der Waals surface area contributed by atoms with Gasteiger partial charge in [-0.25, -0.2) is 4.98 Å². The molecule has 0 radical (unpaired) electrons. The third kappa shape index (κ3) is 1.81. The Hall–Kier alpha value is -1.42. The van der Waals surface area contributed by atoms with Crippen molar-refractivity contribution >= 4 is 27.5 Å². The molecule has 18 heavy (non-hydrogen) atoms. The highest BCUT2D eigenvalue weighted by atomic mass is 32.1. The Morgan fingerprint density at radius 2 is 2.28 bits per heavy atom. The van der Waals surface area contributed by atoms with E-state index in [0.717, 1.165) is 40.1 Å². The minimum Gasteiger partial charge on any atom is -0.481 e. The number of hydrogen-bond acceptors (Lipinski definition) is 3. The molecule has 1 N–H and O–H groups in total. The molecule has 1 aliphatic rings. The number of carboxylic acids is 1. The molecule has 0 atom stereocenters. The molecule has 94 valence electrons. The molecule has 0 spiro atoms. The van der Waals surface area contributed by atoms with E-state index in [-0.39, 0.29) is 0 Å². The maximum atomic E-state index is 11.4.